The number of hydrogen-bond donors (Lipinski definition) is 1. The average molecular weight is 303 g/mol. The lowest BCUT2D eigenvalue weighted by atomic mass is 10.1. The van der Waals surface area contributed by atoms with E-state index in [2.05, 4.69) is 5.32 Å². The van der Waals surface area contributed by atoms with Crippen LogP contribution in [0.1, 0.15) is 32.8 Å². The predicted octanol–water partition coefficient (Wildman–Crippen LogP) is 2.65. The van der Waals surface area contributed by atoms with Crippen LogP contribution in [0, 0.1) is 0 Å². The summed E-state index contributed by atoms with van der Waals surface area (Å²) >= 11 is 0. The van der Waals surface area contributed by atoms with Crippen LogP contribution in [-0.4, -0.2) is 18.6 Å². The molecule has 1 heterocycles. The number of fused-ring (bicyclic) bond motifs is 1. The lowest BCUT2D eigenvalue weighted by Crippen LogP contribution is -2.35. The fourth-order valence-corrected chi connectivity index (χ4v) is 2.16. The maximum atomic E-state index is 11.7. The maximum absolute atomic E-state index is 11.7. The lowest BCUT2D eigenvalue weighted by molar-refractivity contribution is -0.123. The molecule has 0 aliphatic carbocycles. The van der Waals surface area contributed by atoms with Gasteiger partial charge in [0.2, 0.25) is 0 Å². The number of nitrogens with one attached hydrogen (secondary N) is 1. The normalized spacial score (nSPS) is 12.1. The smallest absolute Gasteiger partial charge is 0.336 e. The average Bonchev–Trinajstić information content (AvgIpc) is 2.51. The summed E-state index contributed by atoms with van der Waals surface area (Å²) in [5.74, 6) is 0.335. The Labute approximate surface area is 129 Å². The van der Waals surface area contributed by atoms with Gasteiger partial charge in [-0.15, -0.1) is 0 Å². The molecular weight excluding hydrogens is 282 g/mol. The highest BCUT2D eigenvalue weighted by molar-refractivity contribution is 5.82. The molecule has 0 fully saturated rings. The van der Waals surface area contributed by atoms with Crippen LogP contribution in [0.3, 0.4) is 0 Å². The molecule has 2 rings (SSSR count). The van der Waals surface area contributed by atoms with Crippen molar-refractivity contribution in [1.82, 2.24) is 5.32 Å². The Bertz CT molecular complexity index is 720. The van der Waals surface area contributed by atoms with Gasteiger partial charge in [0.25, 0.3) is 5.91 Å². The number of rotatable bonds is 6. The number of carbonyl (C=O) groups excluding carboxylic acids is 1. The van der Waals surface area contributed by atoms with E-state index in [-0.39, 0.29) is 24.2 Å². The summed E-state index contributed by atoms with van der Waals surface area (Å²) in [5, 5.41) is 3.71. The largest absolute Gasteiger partial charge is 0.484 e. The minimum Gasteiger partial charge on any atom is -0.484 e. The molecule has 0 unspecified atom stereocenters. The molecule has 1 atom stereocenters. The molecule has 0 radical (unpaired) electrons. The summed E-state index contributed by atoms with van der Waals surface area (Å²) in [6.07, 6.45) is 1.62. The molecule has 1 aromatic carbocycles. The molecule has 1 aromatic heterocycles. The molecule has 5 heteroatoms. The number of aryl methyl sites for hydroxylation is 1. The number of ether oxygens (including phenoxy) is 1. The van der Waals surface area contributed by atoms with Gasteiger partial charge in [0.05, 0.1) is 0 Å². The summed E-state index contributed by atoms with van der Waals surface area (Å²) in [7, 11) is 0. The van der Waals surface area contributed by atoms with Gasteiger partial charge in [-0.3, -0.25) is 4.79 Å². The van der Waals surface area contributed by atoms with Gasteiger partial charge < -0.3 is 14.5 Å². The summed E-state index contributed by atoms with van der Waals surface area (Å²) in [6, 6.07) is 6.89. The molecule has 1 N–H and O–H groups in total. The van der Waals surface area contributed by atoms with E-state index in [1.54, 1.807) is 12.1 Å². The first-order valence-electron chi connectivity index (χ1n) is 7.52. The maximum Gasteiger partial charge on any atom is 0.336 e. The minimum absolute atomic E-state index is 0.0620. The highest BCUT2D eigenvalue weighted by Gasteiger charge is 2.09. The first-order valence-corrected chi connectivity index (χ1v) is 7.52. The second kappa shape index (κ2) is 7.11. The molecule has 22 heavy (non-hydrogen) atoms. The van der Waals surface area contributed by atoms with E-state index >= 15 is 0 Å². The highest BCUT2D eigenvalue weighted by Crippen LogP contribution is 2.22. The van der Waals surface area contributed by atoms with Crippen LogP contribution in [0.15, 0.2) is 33.5 Å². The zero-order chi connectivity index (χ0) is 16.1. The minimum atomic E-state index is -0.379. The van der Waals surface area contributed by atoms with Crippen molar-refractivity contribution >= 4 is 16.9 Å². The van der Waals surface area contributed by atoms with Crippen LogP contribution < -0.4 is 15.7 Å². The Kier molecular flexibility index (Phi) is 5.20. The van der Waals surface area contributed by atoms with Crippen molar-refractivity contribution in [3.8, 4) is 5.75 Å². The fourth-order valence-electron chi connectivity index (χ4n) is 2.16. The van der Waals surface area contributed by atoms with Crippen molar-refractivity contribution in [2.75, 3.05) is 6.61 Å². The molecule has 1 amide bonds. The zero-order valence-corrected chi connectivity index (χ0v) is 13.1. The highest BCUT2D eigenvalue weighted by atomic mass is 16.5. The van der Waals surface area contributed by atoms with Crippen LogP contribution in [0.25, 0.3) is 11.0 Å². The monoisotopic (exact) mass is 303 g/mol. The van der Waals surface area contributed by atoms with Gasteiger partial charge in [0.1, 0.15) is 11.3 Å². The molecule has 0 saturated heterocycles. The molecule has 2 aromatic rings. The number of amides is 1. The molecule has 118 valence electrons. The molecule has 0 aliphatic rings. The second-order valence-electron chi connectivity index (χ2n) is 5.27. The molecular formula is C17H21NO4. The van der Waals surface area contributed by atoms with Crippen molar-refractivity contribution in [2.45, 2.75) is 39.7 Å². The Morgan fingerprint density at radius 1 is 1.32 bits per heavy atom. The van der Waals surface area contributed by atoms with Gasteiger partial charge in [-0.1, -0.05) is 13.8 Å². The fraction of sp³-hybridized carbons (Fsp3) is 0.412. The van der Waals surface area contributed by atoms with E-state index < -0.39 is 0 Å². The summed E-state index contributed by atoms with van der Waals surface area (Å²) in [5.41, 5.74) is 1.03. The van der Waals surface area contributed by atoms with Crippen LogP contribution in [0.4, 0.5) is 0 Å². The Hall–Kier alpha value is -2.30. The van der Waals surface area contributed by atoms with E-state index in [1.165, 1.54) is 6.07 Å². The van der Waals surface area contributed by atoms with E-state index in [0.29, 0.717) is 11.3 Å². The third-order valence-corrected chi connectivity index (χ3v) is 3.57. The number of carbonyl (C=O) groups is 1. The van der Waals surface area contributed by atoms with Crippen molar-refractivity contribution in [1.29, 1.82) is 0 Å². The van der Waals surface area contributed by atoms with E-state index in [1.807, 2.05) is 26.8 Å². The molecule has 0 bridgehead atoms. The third-order valence-electron chi connectivity index (χ3n) is 3.57. The van der Waals surface area contributed by atoms with Crippen LogP contribution >= 0.6 is 0 Å². The molecule has 5 nitrogen and oxygen atoms in total. The third kappa shape index (κ3) is 3.87. The topological polar surface area (TPSA) is 68.5 Å². The van der Waals surface area contributed by atoms with E-state index in [9.17, 15) is 9.59 Å². The SMILES string of the molecule is CCc1cc(=O)oc2cc(OCC(=O)N[C@H](C)CC)ccc12. The molecule has 0 aliphatic heterocycles. The Balaban J connectivity index is 2.13. The van der Waals surface area contributed by atoms with Crippen molar-refractivity contribution in [3.05, 3.63) is 40.2 Å². The number of benzene rings is 1. The van der Waals surface area contributed by atoms with Crippen LogP contribution in [0.2, 0.25) is 0 Å². The van der Waals surface area contributed by atoms with Gasteiger partial charge in [0.15, 0.2) is 6.61 Å². The van der Waals surface area contributed by atoms with Crippen molar-refractivity contribution < 1.29 is 13.9 Å². The first kappa shape index (κ1) is 16.1. The van der Waals surface area contributed by atoms with Crippen LogP contribution in [-0.2, 0) is 11.2 Å². The number of hydrogen-bond acceptors (Lipinski definition) is 4. The molecule has 0 saturated carbocycles. The second-order valence-corrected chi connectivity index (χ2v) is 5.27. The standard InChI is InChI=1S/C17H21NO4/c1-4-11(3)18-16(19)10-21-13-6-7-14-12(5-2)8-17(20)22-15(14)9-13/h6-9,11H,4-5,10H2,1-3H3,(H,18,19)/t11-/m1/s1. The van der Waals surface area contributed by atoms with E-state index in [4.69, 9.17) is 9.15 Å². The summed E-state index contributed by atoms with van der Waals surface area (Å²) in [6.45, 7) is 5.86. The summed E-state index contributed by atoms with van der Waals surface area (Å²) < 4.78 is 10.7. The zero-order valence-electron chi connectivity index (χ0n) is 13.1. The summed E-state index contributed by atoms with van der Waals surface area (Å²) in [4.78, 5) is 23.2. The van der Waals surface area contributed by atoms with E-state index in [0.717, 1.165) is 23.8 Å². The van der Waals surface area contributed by atoms with Gasteiger partial charge in [-0.2, -0.15) is 0 Å². The Morgan fingerprint density at radius 3 is 2.77 bits per heavy atom. The molecule has 0 spiro atoms. The van der Waals surface area contributed by atoms with Gasteiger partial charge >= 0.3 is 5.63 Å². The first-order chi connectivity index (χ1) is 10.5. The van der Waals surface area contributed by atoms with Crippen molar-refractivity contribution in [2.24, 2.45) is 0 Å². The van der Waals surface area contributed by atoms with Crippen LogP contribution in [0.5, 0.6) is 5.75 Å². The quantitative estimate of drug-likeness (QED) is 0.833. The predicted molar refractivity (Wildman–Crippen MR) is 85.3 cm³/mol. The van der Waals surface area contributed by atoms with Gasteiger partial charge in [-0.25, -0.2) is 4.79 Å². The lowest BCUT2D eigenvalue weighted by Gasteiger charge is -2.12. The van der Waals surface area contributed by atoms with Gasteiger partial charge in [-0.05, 0) is 37.5 Å². The van der Waals surface area contributed by atoms with Gasteiger partial charge in [0, 0.05) is 23.6 Å². The Morgan fingerprint density at radius 2 is 2.09 bits per heavy atom. The van der Waals surface area contributed by atoms with Crippen molar-refractivity contribution in [3.63, 3.8) is 0 Å².